The molecule has 4 aromatic carbocycles. The van der Waals surface area contributed by atoms with Crippen molar-refractivity contribution in [1.29, 1.82) is 0 Å². The summed E-state index contributed by atoms with van der Waals surface area (Å²) < 4.78 is 163. The number of alkyl halides is 12. The first kappa shape index (κ1) is 105. The molecule has 760 valence electrons. The molecule has 20 rings (SSSR count). The molecule has 12 fully saturated rings. The Hall–Kier alpha value is -7.18. The van der Waals surface area contributed by atoms with Crippen LogP contribution in [-0.4, -0.2) is 283 Å². The quantitative estimate of drug-likeness (QED) is 0.0258. The standard InChI is InChI=1S/4C24H33F3N6S.2ClH/c4*1-30-22(32-12-3-2-4-13-32)28-29-23(30)34-15-5-11-31-16-18-10-14-33(21(18)17-31)20-8-6-19(7-9-20)24(25,26)27;;/h4*6-9,18,21H,2-5,10-17H2,1H3;2*1H/t3*18-,21+;;;/m100.../s1. The van der Waals surface area contributed by atoms with E-state index in [1.54, 1.807) is 95.6 Å². The molecule has 4 aromatic heterocycles. The summed E-state index contributed by atoms with van der Waals surface area (Å²) >= 11 is 7.08. The molecule has 8 atom stereocenters. The van der Waals surface area contributed by atoms with Crippen molar-refractivity contribution in [1.82, 2.24) is 78.7 Å². The monoisotopic (exact) mass is 2050 g/mol. The van der Waals surface area contributed by atoms with Gasteiger partial charge in [0.05, 0.1) is 22.3 Å². The van der Waals surface area contributed by atoms with Crippen LogP contribution < -0.4 is 39.2 Å². The van der Waals surface area contributed by atoms with Gasteiger partial charge in [-0.15, -0.1) is 65.6 Å². The summed E-state index contributed by atoms with van der Waals surface area (Å²) in [4.78, 5) is 28.6. The molecule has 0 N–H and O–H groups in total. The lowest BCUT2D eigenvalue weighted by molar-refractivity contribution is -0.138. The number of nitrogens with zero attached hydrogens (tertiary/aromatic N) is 24. The molecule has 42 heteroatoms. The number of aromatic nitrogens is 12. The van der Waals surface area contributed by atoms with Gasteiger partial charge in [0, 0.05) is 229 Å². The van der Waals surface area contributed by atoms with Crippen LogP contribution in [0.2, 0.25) is 0 Å². The zero-order valence-electron chi connectivity index (χ0n) is 79.5. The van der Waals surface area contributed by atoms with Crippen LogP contribution in [0.5, 0.6) is 0 Å². The third-order valence-electron chi connectivity index (χ3n) is 29.8. The highest BCUT2D eigenvalue weighted by molar-refractivity contribution is 7.99. The van der Waals surface area contributed by atoms with Crippen molar-refractivity contribution in [2.75, 3.05) is 219 Å². The Kier molecular flexibility index (Phi) is 36.2. The maximum Gasteiger partial charge on any atom is 0.416 e. The first-order chi connectivity index (χ1) is 65.6. The van der Waals surface area contributed by atoms with E-state index in [9.17, 15) is 52.7 Å². The minimum Gasteiger partial charge on any atom is -0.367 e. The van der Waals surface area contributed by atoms with E-state index in [0.29, 0.717) is 47.8 Å². The molecule has 12 saturated heterocycles. The second-order valence-electron chi connectivity index (χ2n) is 38.8. The second kappa shape index (κ2) is 47.6. The van der Waals surface area contributed by atoms with Gasteiger partial charge in [-0.2, -0.15) is 52.7 Å². The van der Waals surface area contributed by atoms with E-state index in [0.717, 1.165) is 299 Å². The van der Waals surface area contributed by atoms with Crippen molar-refractivity contribution in [3.8, 4) is 0 Å². The minimum atomic E-state index is -4.28. The Morgan fingerprint density at radius 1 is 0.254 bits per heavy atom. The lowest BCUT2D eigenvalue weighted by Gasteiger charge is -2.27. The van der Waals surface area contributed by atoms with Crippen molar-refractivity contribution in [3.05, 3.63) is 119 Å². The predicted octanol–water partition coefficient (Wildman–Crippen LogP) is 18.9. The molecule has 16 heterocycles. The molecule has 12 aliphatic heterocycles. The Labute approximate surface area is 832 Å². The normalized spacial score (nSPS) is 23.3. The summed E-state index contributed by atoms with van der Waals surface area (Å²) in [5.41, 5.74) is 1.31. The zero-order valence-corrected chi connectivity index (χ0v) is 84.4. The van der Waals surface area contributed by atoms with Gasteiger partial charge in [0.1, 0.15) is 0 Å². The zero-order chi connectivity index (χ0) is 94.8. The highest BCUT2D eigenvalue weighted by atomic mass is 35.5. The molecule has 0 radical (unpaired) electrons. The highest BCUT2D eigenvalue weighted by Crippen LogP contribution is 2.44. The molecule has 8 aromatic rings. The van der Waals surface area contributed by atoms with E-state index in [1.165, 1.54) is 126 Å². The van der Waals surface area contributed by atoms with Gasteiger partial charge in [-0.25, -0.2) is 0 Å². The lowest BCUT2D eigenvalue weighted by Crippen LogP contribution is -2.35. The molecule has 0 amide bonds. The topological polar surface area (TPSA) is 162 Å². The summed E-state index contributed by atoms with van der Waals surface area (Å²) in [6, 6.07) is 24.3. The maximum atomic E-state index is 12.9. The van der Waals surface area contributed by atoms with E-state index in [2.05, 4.69) is 146 Å². The van der Waals surface area contributed by atoms with Crippen molar-refractivity contribution in [2.24, 2.45) is 51.9 Å². The van der Waals surface area contributed by atoms with E-state index < -0.39 is 47.0 Å². The first-order valence-corrected chi connectivity index (χ1v) is 53.3. The molecule has 2 unspecified atom stereocenters. The Morgan fingerprint density at radius 2 is 0.442 bits per heavy atom. The average Bonchev–Trinajstić information content (AvgIpc) is 1.64. The van der Waals surface area contributed by atoms with Crippen LogP contribution in [0.15, 0.2) is 118 Å². The lowest BCUT2D eigenvalue weighted by atomic mass is 10.0. The van der Waals surface area contributed by atoms with Crippen molar-refractivity contribution >= 4 is 118 Å². The largest absolute Gasteiger partial charge is 0.416 e. The van der Waals surface area contributed by atoms with Gasteiger partial charge < -0.3 is 58.8 Å². The number of anilines is 8. The number of halogens is 14. The van der Waals surface area contributed by atoms with E-state index >= 15 is 0 Å². The summed E-state index contributed by atoms with van der Waals surface area (Å²) in [6.07, 6.45) is 6.62. The van der Waals surface area contributed by atoms with E-state index in [1.807, 2.05) is 0 Å². The third-order valence-corrected chi connectivity index (χ3v) is 34.2. The Bertz CT molecular complexity index is 4460. The third kappa shape index (κ3) is 25.9. The first-order valence-electron chi connectivity index (χ1n) is 49.3. The van der Waals surface area contributed by atoms with Crippen LogP contribution in [0.3, 0.4) is 0 Å². The van der Waals surface area contributed by atoms with Gasteiger partial charge in [-0.05, 0) is 275 Å². The number of fused-ring (bicyclic) bond motifs is 4. The highest BCUT2D eigenvalue weighted by Gasteiger charge is 2.47. The van der Waals surface area contributed by atoms with Gasteiger partial charge >= 0.3 is 24.7 Å². The smallest absolute Gasteiger partial charge is 0.367 e. The number of benzene rings is 4. The van der Waals surface area contributed by atoms with Gasteiger partial charge in [-0.3, -0.25) is 18.3 Å². The molecule has 0 aliphatic carbocycles. The fourth-order valence-corrected chi connectivity index (χ4v) is 25.9. The molecule has 12 aliphatic rings. The molecular weight excluding hydrogens is 1920 g/mol. The Balaban J connectivity index is 0.000000139. The van der Waals surface area contributed by atoms with E-state index in [4.69, 9.17) is 0 Å². The molecule has 138 heavy (non-hydrogen) atoms. The molecule has 24 nitrogen and oxygen atoms in total. The number of piperidine rings is 4. The maximum absolute atomic E-state index is 12.9. The van der Waals surface area contributed by atoms with Crippen LogP contribution in [0.1, 0.15) is 151 Å². The predicted molar refractivity (Wildman–Crippen MR) is 533 cm³/mol. The van der Waals surface area contributed by atoms with Gasteiger partial charge in [0.15, 0.2) is 20.6 Å². The summed E-state index contributed by atoms with van der Waals surface area (Å²) in [7, 11) is 8.24. The number of likely N-dealkylation sites (tertiary alicyclic amines) is 4. The molecule has 0 spiro atoms. The molecular formula is C96H134Cl2F12N24S4. The fourth-order valence-electron chi connectivity index (χ4n) is 22.6. The van der Waals surface area contributed by atoms with Crippen LogP contribution in [0.4, 0.5) is 99.2 Å². The fraction of sp³-hybridized carbons (Fsp3) is 0.667. The summed E-state index contributed by atoms with van der Waals surface area (Å²) in [5.74, 6) is 10.3. The number of hydrogen-bond acceptors (Lipinski definition) is 24. The van der Waals surface area contributed by atoms with Crippen LogP contribution >= 0.6 is 71.9 Å². The van der Waals surface area contributed by atoms with Gasteiger partial charge in [0.25, 0.3) is 0 Å². The number of hydrogen-bond donors (Lipinski definition) is 0. The number of rotatable bonds is 28. The molecule has 0 saturated carbocycles. The van der Waals surface area contributed by atoms with Crippen molar-refractivity contribution in [2.45, 2.75) is 198 Å². The van der Waals surface area contributed by atoms with Gasteiger partial charge in [0.2, 0.25) is 23.8 Å². The van der Waals surface area contributed by atoms with Crippen molar-refractivity contribution < 1.29 is 52.7 Å². The van der Waals surface area contributed by atoms with Crippen molar-refractivity contribution in [3.63, 3.8) is 0 Å². The number of thioether (sulfide) groups is 4. The second-order valence-corrected chi connectivity index (χ2v) is 43.1. The average molecular weight is 2050 g/mol. The van der Waals surface area contributed by atoms with Crippen LogP contribution in [0.25, 0.3) is 0 Å². The van der Waals surface area contributed by atoms with Crippen LogP contribution in [0, 0.1) is 23.7 Å². The SMILES string of the molecule is Cl.Cl.Cn1c(SCCCN2CC3CCN(c4ccc(C(F)(F)F)cc4)C3C2)nnc1N1CCCCC1.Cn1c(SCCCN2C[C@@H]3CCN(c4ccc(C(F)(F)F)cc4)[C@@H]3C2)nnc1N1CCCCC1.Cn1c(SCCCN2C[C@@H]3CCN(c4ccc(C(F)(F)F)cc4)[C@@H]3C2)nnc1N1CCCCC1.Cn1c(SCCCN2C[C@H]3CCN(c4ccc(C(F)(F)F)cc4)[C@H]3C2)nnc1N1CCCCC1. The van der Waals surface area contributed by atoms with Gasteiger partial charge in [-0.1, -0.05) is 47.0 Å². The van der Waals surface area contributed by atoms with Crippen LogP contribution in [-0.2, 0) is 52.9 Å². The summed E-state index contributed by atoms with van der Waals surface area (Å²) in [5, 5.41) is 39.3. The van der Waals surface area contributed by atoms with E-state index in [-0.39, 0.29) is 24.8 Å². The minimum absolute atomic E-state index is 0. The summed E-state index contributed by atoms with van der Waals surface area (Å²) in [6.45, 7) is 24.7. The molecule has 0 bridgehead atoms. The Morgan fingerprint density at radius 3 is 0.623 bits per heavy atom.